The lowest BCUT2D eigenvalue weighted by molar-refractivity contribution is 0.102. The summed E-state index contributed by atoms with van der Waals surface area (Å²) >= 11 is 4.72. The van der Waals surface area contributed by atoms with E-state index in [4.69, 9.17) is 9.47 Å². The zero-order chi connectivity index (χ0) is 23.8. The lowest BCUT2D eigenvalue weighted by Crippen LogP contribution is -2.36. The summed E-state index contributed by atoms with van der Waals surface area (Å²) in [7, 11) is -0.724. The maximum absolute atomic E-state index is 13.0. The van der Waals surface area contributed by atoms with Gasteiger partial charge in [-0.1, -0.05) is 28.1 Å². The fourth-order valence-corrected chi connectivity index (χ4v) is 5.31. The molecule has 0 bridgehead atoms. The molecule has 0 aliphatic heterocycles. The summed E-state index contributed by atoms with van der Waals surface area (Å²) in [6, 6.07) is 13.5. The highest BCUT2D eigenvalue weighted by Crippen LogP contribution is 2.26. The van der Waals surface area contributed by atoms with Crippen molar-refractivity contribution < 1.29 is 22.7 Å². The minimum atomic E-state index is -3.75. The van der Waals surface area contributed by atoms with Crippen molar-refractivity contribution in [3.05, 3.63) is 63.9 Å². The number of carbonyl (C=O) groups is 1. The van der Waals surface area contributed by atoms with E-state index in [-0.39, 0.29) is 37.1 Å². The molecule has 0 saturated carbocycles. The first-order chi connectivity index (χ1) is 15.8. The Bertz CT molecular complexity index is 1160. The van der Waals surface area contributed by atoms with Crippen LogP contribution < -0.4 is 5.32 Å². The number of halogens is 1. The molecule has 1 amide bonds. The maximum atomic E-state index is 13.0. The van der Waals surface area contributed by atoms with Gasteiger partial charge in [-0.15, -0.1) is 11.3 Å². The number of ether oxygens (including phenoxy) is 2. The smallest absolute Gasteiger partial charge is 0.257 e. The molecule has 3 rings (SSSR count). The van der Waals surface area contributed by atoms with E-state index in [0.29, 0.717) is 10.7 Å². The molecule has 1 N–H and O–H groups in total. The Hall–Kier alpha value is -2.15. The van der Waals surface area contributed by atoms with Crippen molar-refractivity contribution in [1.82, 2.24) is 9.29 Å². The Morgan fingerprint density at radius 2 is 1.64 bits per heavy atom. The molecule has 0 saturated heterocycles. The fraction of sp³-hybridized carbons (Fsp3) is 0.273. The average molecular weight is 554 g/mol. The molecular formula is C22H24BrN3O5S2. The lowest BCUT2D eigenvalue weighted by Gasteiger charge is -2.21. The van der Waals surface area contributed by atoms with E-state index in [2.05, 4.69) is 26.2 Å². The molecule has 0 atom stereocenters. The lowest BCUT2D eigenvalue weighted by atomic mass is 10.2. The van der Waals surface area contributed by atoms with Crippen molar-refractivity contribution in [3.63, 3.8) is 0 Å². The van der Waals surface area contributed by atoms with Crippen LogP contribution in [0.15, 0.2) is 63.3 Å². The number of amides is 1. The zero-order valence-corrected chi connectivity index (χ0v) is 21.4. The quantitative estimate of drug-likeness (QED) is 0.383. The second-order valence-corrected chi connectivity index (χ2v) is 10.6. The fourth-order valence-electron chi connectivity index (χ4n) is 2.92. The number of nitrogens with one attached hydrogen (secondary N) is 1. The zero-order valence-electron chi connectivity index (χ0n) is 18.2. The number of sulfonamides is 1. The first kappa shape index (κ1) is 25.5. The van der Waals surface area contributed by atoms with Gasteiger partial charge in [-0.25, -0.2) is 13.4 Å². The molecule has 176 valence electrons. The van der Waals surface area contributed by atoms with Crippen LogP contribution in [0.4, 0.5) is 5.13 Å². The molecule has 1 aromatic heterocycles. The Morgan fingerprint density at radius 1 is 1.03 bits per heavy atom. The molecule has 0 aliphatic rings. The number of hydrogen-bond acceptors (Lipinski definition) is 7. The Balaban J connectivity index is 1.70. The molecule has 0 fully saturated rings. The third kappa shape index (κ3) is 6.69. The normalized spacial score (nSPS) is 11.6. The van der Waals surface area contributed by atoms with Gasteiger partial charge in [0, 0.05) is 48.3 Å². The van der Waals surface area contributed by atoms with Crippen molar-refractivity contribution in [2.45, 2.75) is 4.90 Å². The van der Waals surface area contributed by atoms with Gasteiger partial charge in [0.05, 0.1) is 23.8 Å². The topological polar surface area (TPSA) is 97.8 Å². The highest BCUT2D eigenvalue weighted by molar-refractivity contribution is 9.10. The largest absolute Gasteiger partial charge is 0.383 e. The minimum Gasteiger partial charge on any atom is -0.383 e. The Kier molecular flexibility index (Phi) is 9.12. The highest BCUT2D eigenvalue weighted by atomic mass is 79.9. The Morgan fingerprint density at radius 3 is 2.21 bits per heavy atom. The van der Waals surface area contributed by atoms with E-state index < -0.39 is 10.0 Å². The van der Waals surface area contributed by atoms with Crippen LogP contribution in [0.2, 0.25) is 0 Å². The van der Waals surface area contributed by atoms with E-state index >= 15 is 0 Å². The average Bonchev–Trinajstić information content (AvgIpc) is 3.28. The second-order valence-electron chi connectivity index (χ2n) is 6.91. The molecule has 33 heavy (non-hydrogen) atoms. The summed E-state index contributed by atoms with van der Waals surface area (Å²) in [6.07, 6.45) is 0. The van der Waals surface area contributed by atoms with Gasteiger partial charge in [-0.2, -0.15) is 4.31 Å². The standard InChI is InChI=1S/C22H24BrN3O5S2/c1-30-13-11-26(12-14-31-2)33(28,29)19-9-5-17(6-10-19)21(27)25-22-24-20(15-32-22)16-3-7-18(23)8-4-16/h3-10,15H,11-14H2,1-2H3,(H,24,25,27). The highest BCUT2D eigenvalue weighted by Gasteiger charge is 2.24. The number of benzene rings is 2. The van der Waals surface area contributed by atoms with E-state index in [1.807, 2.05) is 29.6 Å². The van der Waals surface area contributed by atoms with Crippen LogP contribution in [0, 0.1) is 0 Å². The molecule has 0 unspecified atom stereocenters. The van der Waals surface area contributed by atoms with Crippen molar-refractivity contribution in [2.24, 2.45) is 0 Å². The first-order valence-electron chi connectivity index (χ1n) is 9.96. The van der Waals surface area contributed by atoms with Gasteiger partial charge < -0.3 is 9.47 Å². The molecule has 0 spiro atoms. The summed E-state index contributed by atoms with van der Waals surface area (Å²) in [4.78, 5) is 17.2. The summed E-state index contributed by atoms with van der Waals surface area (Å²) < 4.78 is 38.3. The molecular weight excluding hydrogens is 530 g/mol. The number of thiazole rings is 1. The summed E-state index contributed by atoms with van der Waals surface area (Å²) in [5.41, 5.74) is 2.03. The molecule has 3 aromatic rings. The van der Waals surface area contributed by atoms with E-state index in [9.17, 15) is 13.2 Å². The molecule has 0 aliphatic carbocycles. The molecule has 8 nitrogen and oxygen atoms in total. The van der Waals surface area contributed by atoms with E-state index in [0.717, 1.165) is 15.7 Å². The predicted molar refractivity (Wildman–Crippen MR) is 132 cm³/mol. The minimum absolute atomic E-state index is 0.0954. The van der Waals surface area contributed by atoms with Crippen LogP contribution in [0.25, 0.3) is 11.3 Å². The van der Waals surface area contributed by atoms with Crippen LogP contribution in [0.1, 0.15) is 10.4 Å². The number of hydrogen-bond donors (Lipinski definition) is 1. The predicted octanol–water partition coefficient (Wildman–Crippen LogP) is 4.11. The van der Waals surface area contributed by atoms with Gasteiger partial charge in [-0.3, -0.25) is 10.1 Å². The number of nitrogens with zero attached hydrogens (tertiary/aromatic N) is 2. The number of aromatic nitrogens is 1. The van der Waals surface area contributed by atoms with Crippen molar-refractivity contribution in [3.8, 4) is 11.3 Å². The first-order valence-corrected chi connectivity index (χ1v) is 13.1. The van der Waals surface area contributed by atoms with Gasteiger partial charge in [-0.05, 0) is 36.4 Å². The number of anilines is 1. The molecule has 0 radical (unpaired) electrons. The van der Waals surface area contributed by atoms with Crippen LogP contribution >= 0.6 is 27.3 Å². The van der Waals surface area contributed by atoms with Crippen molar-refractivity contribution >= 4 is 48.3 Å². The van der Waals surface area contributed by atoms with Gasteiger partial charge in [0.1, 0.15) is 0 Å². The van der Waals surface area contributed by atoms with Crippen LogP contribution in [-0.4, -0.2) is 64.1 Å². The number of carbonyl (C=O) groups excluding carboxylic acids is 1. The van der Waals surface area contributed by atoms with Gasteiger partial charge in [0.25, 0.3) is 5.91 Å². The number of methoxy groups -OCH3 is 2. The molecule has 1 heterocycles. The summed E-state index contributed by atoms with van der Waals surface area (Å²) in [6.45, 7) is 0.934. The van der Waals surface area contributed by atoms with Gasteiger partial charge in [0.2, 0.25) is 10.0 Å². The van der Waals surface area contributed by atoms with Gasteiger partial charge >= 0.3 is 0 Å². The number of rotatable bonds is 11. The van der Waals surface area contributed by atoms with Crippen LogP contribution in [0.5, 0.6) is 0 Å². The third-order valence-corrected chi connectivity index (χ3v) is 7.91. The molecule has 11 heteroatoms. The van der Waals surface area contributed by atoms with E-state index in [1.165, 1.54) is 54.1 Å². The third-order valence-electron chi connectivity index (χ3n) is 4.71. The monoisotopic (exact) mass is 553 g/mol. The van der Waals surface area contributed by atoms with Crippen LogP contribution in [-0.2, 0) is 19.5 Å². The Labute approximate surface area is 205 Å². The van der Waals surface area contributed by atoms with Crippen LogP contribution in [0.3, 0.4) is 0 Å². The SMILES string of the molecule is COCCN(CCOC)S(=O)(=O)c1ccc(C(=O)Nc2nc(-c3ccc(Br)cc3)cs2)cc1. The van der Waals surface area contributed by atoms with E-state index in [1.54, 1.807) is 0 Å². The summed E-state index contributed by atoms with van der Waals surface area (Å²) in [5, 5.41) is 5.09. The van der Waals surface area contributed by atoms with Crippen molar-refractivity contribution in [2.75, 3.05) is 45.8 Å². The maximum Gasteiger partial charge on any atom is 0.257 e. The molecule has 2 aromatic carbocycles. The summed E-state index contributed by atoms with van der Waals surface area (Å²) in [5.74, 6) is -0.369. The van der Waals surface area contributed by atoms with Crippen molar-refractivity contribution in [1.29, 1.82) is 0 Å². The van der Waals surface area contributed by atoms with Gasteiger partial charge in [0.15, 0.2) is 5.13 Å². The second kappa shape index (κ2) is 11.8.